The molecule has 0 saturated carbocycles. The van der Waals surface area contributed by atoms with Gasteiger partial charge in [-0.1, -0.05) is 11.1 Å². The summed E-state index contributed by atoms with van der Waals surface area (Å²) in [6.07, 6.45) is 4.57. The number of ether oxygens (including phenoxy) is 2. The van der Waals surface area contributed by atoms with Crippen LogP contribution in [0.2, 0.25) is 0 Å². The highest BCUT2D eigenvalue weighted by atomic mass is 32.2. The molecule has 4 rings (SSSR count). The van der Waals surface area contributed by atoms with Crippen molar-refractivity contribution in [1.82, 2.24) is 9.29 Å². The van der Waals surface area contributed by atoms with E-state index in [0.29, 0.717) is 37.9 Å². The second-order valence-corrected chi connectivity index (χ2v) is 7.44. The highest BCUT2D eigenvalue weighted by Gasteiger charge is 2.34. The molecule has 0 amide bonds. The maximum Gasteiger partial charge on any atom is 0.257 e. The molecule has 0 N–H and O–H groups in total. The maximum atomic E-state index is 12.7. The van der Waals surface area contributed by atoms with E-state index in [9.17, 15) is 8.42 Å². The Labute approximate surface area is 123 Å². The molecule has 3 heterocycles. The van der Waals surface area contributed by atoms with E-state index >= 15 is 0 Å². The van der Waals surface area contributed by atoms with Crippen LogP contribution in [0, 0.1) is 0 Å². The Hall–Kier alpha value is -1.60. The zero-order valence-corrected chi connectivity index (χ0v) is 12.4. The van der Waals surface area contributed by atoms with Crippen LogP contribution < -0.4 is 9.47 Å². The average Bonchev–Trinajstić information content (AvgIpc) is 3.08. The van der Waals surface area contributed by atoms with Crippen LogP contribution in [0.15, 0.2) is 28.3 Å². The molecule has 1 aromatic heterocycles. The smallest absolute Gasteiger partial charge is 0.257 e. The summed E-state index contributed by atoms with van der Waals surface area (Å²) in [5.41, 5.74) is 2.59. The van der Waals surface area contributed by atoms with E-state index in [2.05, 4.69) is 4.98 Å². The van der Waals surface area contributed by atoms with Crippen LogP contribution in [0.25, 0.3) is 0 Å². The topological polar surface area (TPSA) is 68.7 Å². The highest BCUT2D eigenvalue weighted by molar-refractivity contribution is 7.89. The monoisotopic (exact) mass is 308 g/mol. The minimum Gasteiger partial charge on any atom is -0.484 e. The lowest BCUT2D eigenvalue weighted by molar-refractivity contribution is 0.163. The minimum atomic E-state index is -3.52. The fraction of sp³-hybridized carbons (Fsp3) is 0.500. The first-order chi connectivity index (χ1) is 10.1. The Balaban J connectivity index is 1.63. The standard InChI is InChI=1S/C14H16N2O4S/c17-21(18,16-8-10-2-1-3-11(10)9-16)12-6-13-14(15-7-12)20-5-4-19-13/h6-7H,1-5,8-9H2. The predicted molar refractivity (Wildman–Crippen MR) is 74.9 cm³/mol. The second-order valence-electron chi connectivity index (χ2n) is 5.50. The molecule has 0 aromatic carbocycles. The molecule has 3 aliphatic rings. The maximum absolute atomic E-state index is 12.7. The molecule has 7 heteroatoms. The zero-order valence-electron chi connectivity index (χ0n) is 11.5. The van der Waals surface area contributed by atoms with Gasteiger partial charge >= 0.3 is 0 Å². The van der Waals surface area contributed by atoms with Crippen molar-refractivity contribution in [3.05, 3.63) is 23.4 Å². The fourth-order valence-electron chi connectivity index (χ4n) is 3.11. The molecule has 1 aromatic rings. The van der Waals surface area contributed by atoms with Gasteiger partial charge in [0.25, 0.3) is 5.88 Å². The normalized spacial score (nSPS) is 21.7. The molecule has 0 saturated heterocycles. The van der Waals surface area contributed by atoms with E-state index in [1.807, 2.05) is 0 Å². The van der Waals surface area contributed by atoms with Gasteiger partial charge in [0.15, 0.2) is 5.75 Å². The number of fused-ring (bicyclic) bond motifs is 1. The average molecular weight is 308 g/mol. The quantitative estimate of drug-likeness (QED) is 0.771. The Morgan fingerprint density at radius 2 is 1.81 bits per heavy atom. The lowest BCUT2D eigenvalue weighted by atomic mass is 10.2. The van der Waals surface area contributed by atoms with Crippen LogP contribution in [-0.2, 0) is 10.0 Å². The number of pyridine rings is 1. The van der Waals surface area contributed by atoms with Gasteiger partial charge in [-0.15, -0.1) is 0 Å². The molecule has 1 aliphatic carbocycles. The Kier molecular flexibility index (Phi) is 2.93. The van der Waals surface area contributed by atoms with E-state index in [1.165, 1.54) is 27.7 Å². The summed E-state index contributed by atoms with van der Waals surface area (Å²) < 4.78 is 37.7. The number of hydrogen-bond acceptors (Lipinski definition) is 5. The largest absolute Gasteiger partial charge is 0.484 e. The third kappa shape index (κ3) is 2.11. The van der Waals surface area contributed by atoms with Gasteiger partial charge < -0.3 is 9.47 Å². The van der Waals surface area contributed by atoms with Gasteiger partial charge in [0.1, 0.15) is 18.1 Å². The molecule has 0 bridgehead atoms. The molecular formula is C14H16N2O4S. The van der Waals surface area contributed by atoms with Crippen LogP contribution in [-0.4, -0.2) is 44.0 Å². The van der Waals surface area contributed by atoms with E-state index in [4.69, 9.17) is 9.47 Å². The first kappa shape index (κ1) is 13.1. The SMILES string of the molecule is O=S(=O)(c1cnc2c(c1)OCCO2)N1CC2=C(CCC2)C1. The summed E-state index contributed by atoms with van der Waals surface area (Å²) >= 11 is 0. The van der Waals surface area contributed by atoms with Gasteiger partial charge in [-0.05, 0) is 19.3 Å². The van der Waals surface area contributed by atoms with Crippen molar-refractivity contribution >= 4 is 10.0 Å². The van der Waals surface area contributed by atoms with Crippen LogP contribution in [0.1, 0.15) is 19.3 Å². The first-order valence-corrected chi connectivity index (χ1v) is 8.54. The molecule has 0 unspecified atom stereocenters. The van der Waals surface area contributed by atoms with Crippen molar-refractivity contribution in [1.29, 1.82) is 0 Å². The molecule has 0 radical (unpaired) electrons. The summed E-state index contributed by atoms with van der Waals surface area (Å²) in [7, 11) is -3.52. The number of aromatic nitrogens is 1. The van der Waals surface area contributed by atoms with Crippen LogP contribution >= 0.6 is 0 Å². The first-order valence-electron chi connectivity index (χ1n) is 7.10. The van der Waals surface area contributed by atoms with Gasteiger partial charge in [0.2, 0.25) is 10.0 Å². The molecule has 112 valence electrons. The van der Waals surface area contributed by atoms with Crippen molar-refractivity contribution in [2.45, 2.75) is 24.2 Å². The van der Waals surface area contributed by atoms with Crippen LogP contribution in [0.3, 0.4) is 0 Å². The number of rotatable bonds is 2. The van der Waals surface area contributed by atoms with Crippen LogP contribution in [0.4, 0.5) is 0 Å². The third-order valence-electron chi connectivity index (χ3n) is 4.20. The van der Waals surface area contributed by atoms with Gasteiger partial charge in [-0.3, -0.25) is 0 Å². The predicted octanol–water partition coefficient (Wildman–Crippen LogP) is 1.34. The molecule has 6 nitrogen and oxygen atoms in total. The van der Waals surface area contributed by atoms with Crippen molar-refractivity contribution in [2.24, 2.45) is 0 Å². The minimum absolute atomic E-state index is 0.174. The molecule has 2 aliphatic heterocycles. The summed E-state index contributed by atoms with van der Waals surface area (Å²) in [6.45, 7) is 1.89. The fourth-order valence-corrected chi connectivity index (χ4v) is 4.50. The summed E-state index contributed by atoms with van der Waals surface area (Å²) in [5, 5.41) is 0. The zero-order chi connectivity index (χ0) is 14.4. The van der Waals surface area contributed by atoms with E-state index in [1.54, 1.807) is 0 Å². The Morgan fingerprint density at radius 1 is 1.10 bits per heavy atom. The molecule has 21 heavy (non-hydrogen) atoms. The molecule has 0 fully saturated rings. The molecule has 0 atom stereocenters. The molecular weight excluding hydrogens is 292 g/mol. The summed E-state index contributed by atoms with van der Waals surface area (Å²) in [4.78, 5) is 4.24. The van der Waals surface area contributed by atoms with E-state index in [0.717, 1.165) is 19.3 Å². The lowest BCUT2D eigenvalue weighted by Gasteiger charge is -2.20. The Bertz CT molecular complexity index is 710. The second kappa shape index (κ2) is 4.71. The van der Waals surface area contributed by atoms with E-state index < -0.39 is 10.0 Å². The van der Waals surface area contributed by atoms with Crippen LogP contribution in [0.5, 0.6) is 11.6 Å². The number of sulfonamides is 1. The van der Waals surface area contributed by atoms with Gasteiger partial charge in [0.05, 0.1) is 6.20 Å². The molecule has 0 spiro atoms. The highest BCUT2D eigenvalue weighted by Crippen LogP contribution is 2.36. The third-order valence-corrected chi connectivity index (χ3v) is 5.96. The van der Waals surface area contributed by atoms with E-state index in [-0.39, 0.29) is 4.90 Å². The summed E-state index contributed by atoms with van der Waals surface area (Å²) in [6, 6.07) is 1.51. The lowest BCUT2D eigenvalue weighted by Crippen LogP contribution is -2.30. The van der Waals surface area contributed by atoms with Gasteiger partial charge in [-0.25, -0.2) is 13.4 Å². The van der Waals surface area contributed by atoms with Crippen molar-refractivity contribution < 1.29 is 17.9 Å². The van der Waals surface area contributed by atoms with Crippen molar-refractivity contribution in [3.8, 4) is 11.6 Å². The van der Waals surface area contributed by atoms with Crippen molar-refractivity contribution in [3.63, 3.8) is 0 Å². The number of nitrogens with zero attached hydrogens (tertiary/aromatic N) is 2. The Morgan fingerprint density at radius 3 is 2.57 bits per heavy atom. The van der Waals surface area contributed by atoms with Gasteiger partial charge in [0, 0.05) is 19.2 Å². The summed E-state index contributed by atoms with van der Waals surface area (Å²) in [5.74, 6) is 0.768. The van der Waals surface area contributed by atoms with Crippen molar-refractivity contribution in [2.75, 3.05) is 26.3 Å². The number of hydrogen-bond donors (Lipinski definition) is 0. The van der Waals surface area contributed by atoms with Gasteiger partial charge in [-0.2, -0.15) is 4.31 Å².